The van der Waals surface area contributed by atoms with Gasteiger partial charge in [-0.3, -0.25) is 0 Å². The van der Waals surface area contributed by atoms with E-state index in [9.17, 15) is 8.78 Å². The van der Waals surface area contributed by atoms with Gasteiger partial charge in [0, 0.05) is 25.1 Å². The van der Waals surface area contributed by atoms with Gasteiger partial charge in [0.15, 0.2) is 0 Å². The Hall–Kier alpha value is -1.68. The van der Waals surface area contributed by atoms with E-state index in [2.05, 4.69) is 5.32 Å². The van der Waals surface area contributed by atoms with E-state index < -0.39 is 6.43 Å². The zero-order valence-electron chi connectivity index (χ0n) is 9.90. The van der Waals surface area contributed by atoms with Crippen molar-refractivity contribution in [1.29, 1.82) is 0 Å². The van der Waals surface area contributed by atoms with Crippen LogP contribution in [0.5, 0.6) is 0 Å². The number of rotatable bonds is 6. The third-order valence-electron chi connectivity index (χ3n) is 2.66. The SMILES string of the molecule is FC(F)c1cccc(CNCCc2ccco2)c1. The zero-order chi connectivity index (χ0) is 12.8. The van der Waals surface area contributed by atoms with E-state index in [4.69, 9.17) is 4.42 Å². The van der Waals surface area contributed by atoms with Crippen molar-refractivity contribution in [1.82, 2.24) is 5.32 Å². The molecule has 1 N–H and O–H groups in total. The summed E-state index contributed by atoms with van der Waals surface area (Å²) in [4.78, 5) is 0. The molecule has 0 atom stereocenters. The topological polar surface area (TPSA) is 25.2 Å². The van der Waals surface area contributed by atoms with Crippen molar-refractivity contribution >= 4 is 0 Å². The lowest BCUT2D eigenvalue weighted by Crippen LogP contribution is -2.16. The average Bonchev–Trinajstić information content (AvgIpc) is 2.88. The molecule has 0 aliphatic carbocycles. The van der Waals surface area contributed by atoms with Gasteiger partial charge in [-0.15, -0.1) is 0 Å². The summed E-state index contributed by atoms with van der Waals surface area (Å²) in [5.41, 5.74) is 0.938. The van der Waals surface area contributed by atoms with Crippen molar-refractivity contribution < 1.29 is 13.2 Å². The first-order chi connectivity index (χ1) is 8.75. The maximum absolute atomic E-state index is 12.5. The summed E-state index contributed by atoms with van der Waals surface area (Å²) in [6, 6.07) is 10.2. The first-order valence-electron chi connectivity index (χ1n) is 5.86. The molecule has 0 amide bonds. The van der Waals surface area contributed by atoms with Crippen LogP contribution in [0.1, 0.15) is 23.3 Å². The van der Waals surface area contributed by atoms with Crippen molar-refractivity contribution in [2.24, 2.45) is 0 Å². The molecule has 1 aromatic carbocycles. The van der Waals surface area contributed by atoms with Gasteiger partial charge in [-0.1, -0.05) is 18.2 Å². The fourth-order valence-electron chi connectivity index (χ4n) is 1.74. The van der Waals surface area contributed by atoms with Crippen LogP contribution in [-0.2, 0) is 13.0 Å². The quantitative estimate of drug-likeness (QED) is 0.794. The number of benzene rings is 1. The minimum Gasteiger partial charge on any atom is -0.469 e. The van der Waals surface area contributed by atoms with Crippen LogP contribution < -0.4 is 5.32 Å². The Morgan fingerprint density at radius 3 is 2.78 bits per heavy atom. The summed E-state index contributed by atoms with van der Waals surface area (Å²) < 4.78 is 30.2. The van der Waals surface area contributed by atoms with E-state index >= 15 is 0 Å². The second-order valence-electron chi connectivity index (χ2n) is 4.05. The zero-order valence-corrected chi connectivity index (χ0v) is 9.90. The summed E-state index contributed by atoms with van der Waals surface area (Å²) >= 11 is 0. The van der Waals surface area contributed by atoms with Gasteiger partial charge in [0.25, 0.3) is 6.43 Å². The van der Waals surface area contributed by atoms with Crippen LogP contribution in [0.4, 0.5) is 8.78 Å². The minimum absolute atomic E-state index is 0.0698. The van der Waals surface area contributed by atoms with Crippen molar-refractivity contribution in [3.63, 3.8) is 0 Å². The lowest BCUT2D eigenvalue weighted by Gasteiger charge is -2.06. The Labute approximate surface area is 105 Å². The Balaban J connectivity index is 1.78. The Morgan fingerprint density at radius 2 is 2.06 bits per heavy atom. The van der Waals surface area contributed by atoms with Crippen LogP contribution in [-0.4, -0.2) is 6.54 Å². The van der Waals surface area contributed by atoms with E-state index in [0.717, 1.165) is 24.3 Å². The van der Waals surface area contributed by atoms with E-state index in [1.54, 1.807) is 12.3 Å². The molecule has 0 fully saturated rings. The van der Waals surface area contributed by atoms with Crippen molar-refractivity contribution in [2.45, 2.75) is 19.4 Å². The van der Waals surface area contributed by atoms with Gasteiger partial charge in [0.1, 0.15) is 5.76 Å². The van der Waals surface area contributed by atoms with Gasteiger partial charge in [-0.25, -0.2) is 8.78 Å². The highest BCUT2D eigenvalue weighted by atomic mass is 19.3. The molecule has 96 valence electrons. The van der Waals surface area contributed by atoms with Crippen LogP contribution in [0, 0.1) is 0 Å². The second kappa shape index (κ2) is 6.31. The van der Waals surface area contributed by atoms with Gasteiger partial charge in [0.05, 0.1) is 6.26 Å². The van der Waals surface area contributed by atoms with Crippen LogP contribution >= 0.6 is 0 Å². The molecule has 0 aliphatic heterocycles. The number of hydrogen-bond acceptors (Lipinski definition) is 2. The first-order valence-corrected chi connectivity index (χ1v) is 5.86. The molecule has 0 spiro atoms. The maximum Gasteiger partial charge on any atom is 0.263 e. The fraction of sp³-hybridized carbons (Fsp3) is 0.286. The van der Waals surface area contributed by atoms with Crippen LogP contribution in [0.3, 0.4) is 0 Å². The van der Waals surface area contributed by atoms with E-state index in [1.807, 2.05) is 18.2 Å². The van der Waals surface area contributed by atoms with Crippen molar-refractivity contribution in [2.75, 3.05) is 6.54 Å². The minimum atomic E-state index is -2.41. The van der Waals surface area contributed by atoms with Crippen LogP contribution in [0.25, 0.3) is 0 Å². The molecule has 1 heterocycles. The molecule has 1 aromatic heterocycles. The maximum atomic E-state index is 12.5. The average molecular weight is 251 g/mol. The molecule has 4 heteroatoms. The van der Waals surface area contributed by atoms with E-state index in [-0.39, 0.29) is 5.56 Å². The van der Waals surface area contributed by atoms with Gasteiger partial charge in [0.2, 0.25) is 0 Å². The largest absolute Gasteiger partial charge is 0.469 e. The lowest BCUT2D eigenvalue weighted by atomic mass is 10.1. The number of furan rings is 1. The Bertz CT molecular complexity index is 468. The Kier molecular flexibility index (Phi) is 4.47. The van der Waals surface area contributed by atoms with Gasteiger partial charge >= 0.3 is 0 Å². The first kappa shape index (κ1) is 12.8. The van der Waals surface area contributed by atoms with Crippen LogP contribution in [0.15, 0.2) is 47.1 Å². The van der Waals surface area contributed by atoms with Gasteiger partial charge in [-0.05, 0) is 23.8 Å². The smallest absolute Gasteiger partial charge is 0.263 e. The van der Waals surface area contributed by atoms with Crippen molar-refractivity contribution in [3.05, 3.63) is 59.5 Å². The molecular formula is C14H15F2NO. The number of alkyl halides is 2. The molecule has 18 heavy (non-hydrogen) atoms. The Morgan fingerprint density at radius 1 is 1.17 bits per heavy atom. The molecule has 2 nitrogen and oxygen atoms in total. The normalized spacial score (nSPS) is 11.1. The monoisotopic (exact) mass is 251 g/mol. The molecule has 0 saturated heterocycles. The standard InChI is InChI=1S/C14H15F2NO/c15-14(16)12-4-1-3-11(9-12)10-17-7-6-13-5-2-8-18-13/h1-5,8-9,14,17H,6-7,10H2. The molecule has 0 radical (unpaired) electrons. The summed E-state index contributed by atoms with van der Waals surface area (Å²) in [5.74, 6) is 0.920. The van der Waals surface area contributed by atoms with Crippen molar-refractivity contribution in [3.8, 4) is 0 Å². The molecule has 0 bridgehead atoms. The third-order valence-corrected chi connectivity index (χ3v) is 2.66. The molecule has 2 rings (SSSR count). The van der Waals surface area contributed by atoms with E-state index in [1.165, 1.54) is 12.1 Å². The predicted molar refractivity (Wildman–Crippen MR) is 65.5 cm³/mol. The molecule has 0 aliphatic rings. The summed E-state index contributed by atoms with van der Waals surface area (Å²) in [6.45, 7) is 1.34. The van der Waals surface area contributed by atoms with Gasteiger partial charge < -0.3 is 9.73 Å². The molecular weight excluding hydrogens is 236 g/mol. The van der Waals surface area contributed by atoms with E-state index in [0.29, 0.717) is 6.54 Å². The highest BCUT2D eigenvalue weighted by Gasteiger charge is 2.06. The number of hydrogen-bond donors (Lipinski definition) is 1. The summed E-state index contributed by atoms with van der Waals surface area (Å²) in [7, 11) is 0. The van der Waals surface area contributed by atoms with Crippen LogP contribution in [0.2, 0.25) is 0 Å². The van der Waals surface area contributed by atoms with Gasteiger partial charge in [-0.2, -0.15) is 0 Å². The fourth-order valence-corrected chi connectivity index (χ4v) is 1.74. The highest BCUT2D eigenvalue weighted by molar-refractivity contribution is 5.24. The second-order valence-corrected chi connectivity index (χ2v) is 4.05. The molecule has 0 unspecified atom stereocenters. The predicted octanol–water partition coefficient (Wildman–Crippen LogP) is 3.55. The lowest BCUT2D eigenvalue weighted by molar-refractivity contribution is 0.151. The third kappa shape index (κ3) is 3.67. The molecule has 0 saturated carbocycles. The summed E-state index contributed by atoms with van der Waals surface area (Å²) in [5, 5.41) is 3.20. The summed E-state index contributed by atoms with van der Waals surface area (Å²) in [6.07, 6.45) is 0.0243. The molecule has 2 aromatic rings. The number of halogens is 2. The highest BCUT2D eigenvalue weighted by Crippen LogP contribution is 2.19. The number of nitrogens with one attached hydrogen (secondary N) is 1.